The second kappa shape index (κ2) is 13.3. The molecule has 0 bridgehead atoms. The van der Waals surface area contributed by atoms with E-state index in [1.54, 1.807) is 35.2 Å². The summed E-state index contributed by atoms with van der Waals surface area (Å²) in [5.41, 5.74) is 1.83. The highest BCUT2D eigenvalue weighted by Gasteiger charge is 2.32. The van der Waals surface area contributed by atoms with Gasteiger partial charge in [0.2, 0.25) is 0 Å². The molecular formula is C28H32N2O5S2. The number of likely N-dealkylation sites (N-methyl/N-ethyl adjacent to an activating group) is 1. The normalized spacial score (nSPS) is 14.3. The van der Waals surface area contributed by atoms with E-state index in [4.69, 9.17) is 21.7 Å². The van der Waals surface area contributed by atoms with Crippen LogP contribution in [-0.4, -0.2) is 65.0 Å². The maximum Gasteiger partial charge on any atom is 0.266 e. The lowest BCUT2D eigenvalue weighted by atomic mass is 10.1. The van der Waals surface area contributed by atoms with Gasteiger partial charge in [-0.3, -0.25) is 9.69 Å². The average Bonchev–Trinajstić information content (AvgIpc) is 3.40. The summed E-state index contributed by atoms with van der Waals surface area (Å²) in [7, 11) is 6.16. The van der Waals surface area contributed by atoms with Crippen LogP contribution in [0.2, 0.25) is 0 Å². The van der Waals surface area contributed by atoms with Gasteiger partial charge in [0, 0.05) is 11.6 Å². The monoisotopic (exact) mass is 540 g/mol. The number of aliphatic hydroxyl groups is 1. The smallest absolute Gasteiger partial charge is 0.266 e. The standard InChI is InChI=1S/C22H15NO4S2.C5H14NO.CH4/c24-20-19(29-22(28)23(20)13-14-4-2-1-3-5-14)12-17-10-11-18(27-17)15-6-8-16(9-7-15)21(25)26;1-6(2,3)4-5-7;/h1-12H,13H2,(H,25,26);7H,4-5H2,1-3H3;1H4/q;+1;/p-1/b19-12-;;. The number of thioether (sulfide) groups is 1. The van der Waals surface area contributed by atoms with E-state index < -0.39 is 5.97 Å². The first kappa shape index (κ1) is 30.0. The molecule has 1 aliphatic heterocycles. The fraction of sp³-hybridized carbons (Fsp3) is 0.250. The van der Waals surface area contributed by atoms with Crippen molar-refractivity contribution in [3.05, 3.63) is 88.5 Å². The Bertz CT molecular complexity index is 1250. The molecule has 2 heterocycles. The first-order chi connectivity index (χ1) is 17.1. The zero-order valence-electron chi connectivity index (χ0n) is 20.3. The van der Waals surface area contributed by atoms with E-state index >= 15 is 0 Å². The number of rotatable bonds is 7. The number of amides is 1. The summed E-state index contributed by atoms with van der Waals surface area (Å²) < 4.78 is 7.16. The van der Waals surface area contributed by atoms with Gasteiger partial charge in [-0.2, -0.15) is 0 Å². The third kappa shape index (κ3) is 8.68. The van der Waals surface area contributed by atoms with Crippen LogP contribution < -0.4 is 5.11 Å². The van der Waals surface area contributed by atoms with Gasteiger partial charge in [-0.1, -0.05) is 86.0 Å². The molecule has 0 spiro atoms. The van der Waals surface area contributed by atoms with E-state index in [0.29, 0.717) is 27.3 Å². The lowest BCUT2D eigenvalue weighted by molar-refractivity contribution is -0.870. The number of hydrogen-bond donors (Lipinski definition) is 1. The molecule has 0 radical (unpaired) electrons. The summed E-state index contributed by atoms with van der Waals surface area (Å²) in [5.74, 6) is -0.292. The van der Waals surface area contributed by atoms with E-state index in [1.807, 2.05) is 30.3 Å². The molecule has 1 saturated heterocycles. The second-order valence-electron chi connectivity index (χ2n) is 9.06. The van der Waals surface area contributed by atoms with E-state index in [2.05, 4.69) is 21.1 Å². The van der Waals surface area contributed by atoms with E-state index in [1.165, 1.54) is 23.9 Å². The number of carboxylic acid groups (broad SMARTS) is 1. The van der Waals surface area contributed by atoms with Gasteiger partial charge in [0.05, 0.1) is 45.2 Å². The summed E-state index contributed by atoms with van der Waals surface area (Å²) in [4.78, 5) is 25.7. The molecular weight excluding hydrogens is 508 g/mol. The molecule has 0 saturated carbocycles. The van der Waals surface area contributed by atoms with Crippen molar-refractivity contribution >= 4 is 46.3 Å². The van der Waals surface area contributed by atoms with Crippen LogP contribution in [0.4, 0.5) is 0 Å². The SMILES string of the molecule is C.C[N+](C)(C)CCO.O=C([O-])c1ccc(-c2ccc(/C=C3\SC(=S)N(Cc4ccccc4)C3=O)o2)cc1. The number of furan rings is 1. The molecule has 37 heavy (non-hydrogen) atoms. The van der Waals surface area contributed by atoms with Gasteiger partial charge >= 0.3 is 0 Å². The third-order valence-corrected chi connectivity index (χ3v) is 6.51. The molecule has 9 heteroatoms. The highest BCUT2D eigenvalue weighted by atomic mass is 32.2. The van der Waals surface area contributed by atoms with Crippen LogP contribution in [0.15, 0.2) is 76.1 Å². The number of aromatic carboxylic acids is 1. The van der Waals surface area contributed by atoms with E-state index in [-0.39, 0.29) is 25.5 Å². The second-order valence-corrected chi connectivity index (χ2v) is 10.7. The molecule has 196 valence electrons. The number of hydrogen-bond acceptors (Lipinski definition) is 7. The summed E-state index contributed by atoms with van der Waals surface area (Å²) in [6, 6.07) is 19.4. The third-order valence-electron chi connectivity index (χ3n) is 5.13. The molecule has 1 N–H and O–H groups in total. The predicted octanol–water partition coefficient (Wildman–Crippen LogP) is 4.03. The van der Waals surface area contributed by atoms with Gasteiger partial charge in [-0.25, -0.2) is 0 Å². The fourth-order valence-corrected chi connectivity index (χ4v) is 4.42. The van der Waals surface area contributed by atoms with Crippen molar-refractivity contribution in [3.8, 4) is 11.3 Å². The van der Waals surface area contributed by atoms with Gasteiger partial charge in [-0.15, -0.1) is 0 Å². The largest absolute Gasteiger partial charge is 0.545 e. The van der Waals surface area contributed by atoms with Gasteiger partial charge < -0.3 is 23.9 Å². The van der Waals surface area contributed by atoms with Crippen LogP contribution in [0.5, 0.6) is 0 Å². The summed E-state index contributed by atoms with van der Waals surface area (Å²) in [6.07, 6.45) is 1.67. The molecule has 1 aliphatic rings. The van der Waals surface area contributed by atoms with Crippen LogP contribution in [0.25, 0.3) is 17.4 Å². The highest BCUT2D eigenvalue weighted by Crippen LogP contribution is 2.34. The van der Waals surface area contributed by atoms with Crippen molar-refractivity contribution in [2.45, 2.75) is 14.0 Å². The van der Waals surface area contributed by atoms with Crippen LogP contribution >= 0.6 is 24.0 Å². The minimum absolute atomic E-state index is 0. The summed E-state index contributed by atoms with van der Waals surface area (Å²) in [5, 5.41) is 19.2. The first-order valence-electron chi connectivity index (χ1n) is 11.2. The lowest BCUT2D eigenvalue weighted by Crippen LogP contribution is -2.36. The minimum Gasteiger partial charge on any atom is -0.545 e. The molecule has 3 aromatic rings. The quantitative estimate of drug-likeness (QED) is 0.275. The van der Waals surface area contributed by atoms with Crippen LogP contribution in [0.1, 0.15) is 29.1 Å². The number of benzene rings is 2. The Labute approximate surface area is 227 Å². The maximum absolute atomic E-state index is 12.7. The summed E-state index contributed by atoms with van der Waals surface area (Å²) in [6.45, 7) is 1.54. The zero-order valence-corrected chi connectivity index (χ0v) is 22.0. The lowest BCUT2D eigenvalue weighted by Gasteiger charge is -2.21. The number of thiocarbonyl (C=S) groups is 1. The van der Waals surface area contributed by atoms with Gasteiger partial charge in [0.15, 0.2) is 0 Å². The Morgan fingerprint density at radius 1 is 1.08 bits per heavy atom. The maximum atomic E-state index is 12.7. The van der Waals surface area contributed by atoms with Crippen molar-refractivity contribution in [1.29, 1.82) is 0 Å². The van der Waals surface area contributed by atoms with Crippen molar-refractivity contribution in [2.24, 2.45) is 0 Å². The van der Waals surface area contributed by atoms with Crippen LogP contribution in [0.3, 0.4) is 0 Å². The van der Waals surface area contributed by atoms with Crippen LogP contribution in [0, 0.1) is 0 Å². The Balaban J connectivity index is 0.000000532. The molecule has 1 amide bonds. The van der Waals surface area contributed by atoms with Crippen molar-refractivity contribution < 1.29 is 28.7 Å². The fourth-order valence-electron chi connectivity index (χ4n) is 3.19. The number of quaternary nitrogens is 1. The molecule has 0 unspecified atom stereocenters. The van der Waals surface area contributed by atoms with Crippen molar-refractivity contribution in [2.75, 3.05) is 34.3 Å². The molecule has 1 fully saturated rings. The number of aliphatic hydroxyl groups excluding tert-OH is 1. The molecule has 0 atom stereocenters. The van der Waals surface area contributed by atoms with Crippen molar-refractivity contribution in [1.82, 2.24) is 4.90 Å². The number of carboxylic acids is 1. The topological polar surface area (TPSA) is 93.8 Å². The first-order valence-corrected chi connectivity index (χ1v) is 12.4. The molecule has 4 rings (SSSR count). The number of nitrogens with zero attached hydrogens (tertiary/aromatic N) is 2. The molecule has 1 aromatic heterocycles. The Morgan fingerprint density at radius 2 is 1.73 bits per heavy atom. The number of carbonyl (C=O) groups excluding carboxylic acids is 2. The van der Waals surface area contributed by atoms with Gasteiger partial charge in [-0.05, 0) is 23.3 Å². The van der Waals surface area contributed by atoms with E-state index in [0.717, 1.165) is 22.2 Å². The Kier molecular flexibility index (Phi) is 10.8. The molecule has 7 nitrogen and oxygen atoms in total. The van der Waals surface area contributed by atoms with E-state index in [9.17, 15) is 14.7 Å². The highest BCUT2D eigenvalue weighted by molar-refractivity contribution is 8.26. The zero-order chi connectivity index (χ0) is 26.3. The molecule has 0 aliphatic carbocycles. The van der Waals surface area contributed by atoms with Gasteiger partial charge in [0.25, 0.3) is 5.91 Å². The molecule has 2 aromatic carbocycles. The Hall–Kier alpha value is -3.24. The minimum atomic E-state index is -1.23. The number of carbonyl (C=O) groups is 2. The summed E-state index contributed by atoms with van der Waals surface area (Å²) >= 11 is 6.61. The van der Waals surface area contributed by atoms with Crippen LogP contribution in [-0.2, 0) is 11.3 Å². The van der Waals surface area contributed by atoms with Crippen molar-refractivity contribution in [3.63, 3.8) is 0 Å². The average molecular weight is 541 g/mol. The Morgan fingerprint density at radius 3 is 2.27 bits per heavy atom. The predicted molar refractivity (Wildman–Crippen MR) is 150 cm³/mol. The van der Waals surface area contributed by atoms with Gasteiger partial charge in [0.1, 0.15) is 22.4 Å².